The third-order valence-electron chi connectivity index (χ3n) is 4.47. The highest BCUT2D eigenvalue weighted by Gasteiger charge is 2.33. The fourth-order valence-electron chi connectivity index (χ4n) is 3.14. The van der Waals surface area contributed by atoms with Crippen LogP contribution in [0.1, 0.15) is 48.1 Å². The Morgan fingerprint density at radius 2 is 2.33 bits per heavy atom. The highest BCUT2D eigenvalue weighted by Crippen LogP contribution is 2.23. The van der Waals surface area contributed by atoms with Gasteiger partial charge in [0.05, 0.1) is 13.6 Å². The molecule has 2 atom stereocenters. The molecule has 1 aliphatic heterocycles. The van der Waals surface area contributed by atoms with Crippen molar-refractivity contribution in [2.75, 3.05) is 6.54 Å². The van der Waals surface area contributed by atoms with Crippen molar-refractivity contribution < 1.29 is 9.32 Å². The molecule has 1 amide bonds. The Labute approximate surface area is 140 Å². The maximum Gasteiger partial charge on any atom is 0.276 e. The number of tetrazole rings is 1. The Balaban J connectivity index is 1.67. The van der Waals surface area contributed by atoms with E-state index in [1.165, 1.54) is 11.1 Å². The fraction of sp³-hybridized carbons (Fsp3) is 0.667. The van der Waals surface area contributed by atoms with Crippen LogP contribution in [0.3, 0.4) is 0 Å². The van der Waals surface area contributed by atoms with E-state index >= 15 is 0 Å². The van der Waals surface area contributed by atoms with E-state index in [2.05, 4.69) is 32.8 Å². The summed E-state index contributed by atoms with van der Waals surface area (Å²) in [5.74, 6) is 0.586. The molecule has 130 valence electrons. The average Bonchev–Trinajstić information content (AvgIpc) is 3.20. The number of rotatable bonds is 5. The lowest BCUT2D eigenvalue weighted by molar-refractivity contribution is 0.0550. The lowest BCUT2D eigenvalue weighted by Crippen LogP contribution is -2.53. The van der Waals surface area contributed by atoms with Crippen LogP contribution in [0.5, 0.6) is 0 Å². The number of carbonyl (C=O) groups is 1. The van der Waals surface area contributed by atoms with Crippen molar-refractivity contribution in [3.8, 4) is 0 Å². The van der Waals surface area contributed by atoms with Gasteiger partial charge in [-0.2, -0.15) is 4.80 Å². The number of carbonyl (C=O) groups excluding carboxylic acids is 1. The van der Waals surface area contributed by atoms with Crippen LogP contribution in [0.4, 0.5) is 0 Å². The molecule has 3 rings (SSSR count). The predicted molar refractivity (Wildman–Crippen MR) is 85.0 cm³/mol. The SMILES string of the molecule is Cc1conc1C(=O)N1CCCC[C@H]1[C@@H](C)NCc1nnn(C)n1. The molecule has 0 saturated carbocycles. The summed E-state index contributed by atoms with van der Waals surface area (Å²) in [5, 5.41) is 19.2. The van der Waals surface area contributed by atoms with Gasteiger partial charge in [0.2, 0.25) is 0 Å². The van der Waals surface area contributed by atoms with Gasteiger partial charge >= 0.3 is 0 Å². The largest absolute Gasteiger partial charge is 0.364 e. The minimum absolute atomic E-state index is 0.0581. The first-order valence-corrected chi connectivity index (χ1v) is 8.24. The number of nitrogens with zero attached hydrogens (tertiary/aromatic N) is 6. The van der Waals surface area contributed by atoms with Crippen LogP contribution in [-0.2, 0) is 13.6 Å². The number of nitrogens with one attached hydrogen (secondary N) is 1. The van der Waals surface area contributed by atoms with Crippen LogP contribution in [0.25, 0.3) is 0 Å². The molecule has 9 heteroatoms. The Hall–Kier alpha value is -2.29. The molecule has 0 aliphatic carbocycles. The minimum Gasteiger partial charge on any atom is -0.364 e. The lowest BCUT2D eigenvalue weighted by Gasteiger charge is -2.39. The zero-order valence-electron chi connectivity index (χ0n) is 14.3. The number of likely N-dealkylation sites (tertiary alicyclic amines) is 1. The quantitative estimate of drug-likeness (QED) is 0.858. The van der Waals surface area contributed by atoms with E-state index in [0.717, 1.165) is 31.4 Å². The summed E-state index contributed by atoms with van der Waals surface area (Å²) in [4.78, 5) is 16.2. The van der Waals surface area contributed by atoms with Gasteiger partial charge in [-0.15, -0.1) is 10.2 Å². The van der Waals surface area contributed by atoms with Gasteiger partial charge in [0, 0.05) is 24.2 Å². The fourth-order valence-corrected chi connectivity index (χ4v) is 3.14. The molecule has 9 nitrogen and oxygen atoms in total. The van der Waals surface area contributed by atoms with Gasteiger partial charge in [0.25, 0.3) is 5.91 Å². The second kappa shape index (κ2) is 7.08. The summed E-state index contributed by atoms with van der Waals surface area (Å²) in [7, 11) is 1.74. The van der Waals surface area contributed by atoms with Gasteiger partial charge in [-0.05, 0) is 38.3 Å². The monoisotopic (exact) mass is 333 g/mol. The molecule has 0 unspecified atom stereocenters. The summed E-state index contributed by atoms with van der Waals surface area (Å²) in [6.07, 6.45) is 4.59. The summed E-state index contributed by atoms with van der Waals surface area (Å²) < 4.78 is 4.92. The van der Waals surface area contributed by atoms with Crippen molar-refractivity contribution in [3.05, 3.63) is 23.3 Å². The van der Waals surface area contributed by atoms with E-state index in [1.807, 2.05) is 11.8 Å². The van der Waals surface area contributed by atoms with Crippen molar-refractivity contribution >= 4 is 5.91 Å². The summed E-state index contributed by atoms with van der Waals surface area (Å²) in [6.45, 7) is 5.19. The van der Waals surface area contributed by atoms with E-state index in [1.54, 1.807) is 7.05 Å². The normalized spacial score (nSPS) is 19.5. The van der Waals surface area contributed by atoms with Crippen molar-refractivity contribution in [2.24, 2.45) is 7.05 Å². The molecule has 24 heavy (non-hydrogen) atoms. The van der Waals surface area contributed by atoms with Crippen molar-refractivity contribution in [2.45, 2.75) is 51.7 Å². The maximum atomic E-state index is 12.8. The summed E-state index contributed by atoms with van der Waals surface area (Å²) in [5.41, 5.74) is 1.18. The third kappa shape index (κ3) is 3.45. The maximum absolute atomic E-state index is 12.8. The molecule has 0 aromatic carbocycles. The number of hydrogen-bond donors (Lipinski definition) is 1. The summed E-state index contributed by atoms with van der Waals surface area (Å²) >= 11 is 0. The summed E-state index contributed by atoms with van der Waals surface area (Å²) in [6, 6.07) is 0.226. The molecule has 1 aliphatic rings. The number of aryl methyl sites for hydroxylation is 2. The first kappa shape index (κ1) is 16.6. The van der Waals surface area contributed by atoms with Gasteiger partial charge in [0.15, 0.2) is 11.5 Å². The molecule has 1 saturated heterocycles. The third-order valence-corrected chi connectivity index (χ3v) is 4.47. The Kier molecular flexibility index (Phi) is 4.89. The molecule has 2 aromatic heterocycles. The van der Waals surface area contributed by atoms with Crippen molar-refractivity contribution in [1.82, 2.24) is 35.6 Å². The van der Waals surface area contributed by atoms with Crippen LogP contribution < -0.4 is 5.32 Å². The second-order valence-corrected chi connectivity index (χ2v) is 6.27. The van der Waals surface area contributed by atoms with E-state index in [9.17, 15) is 4.79 Å². The average molecular weight is 333 g/mol. The van der Waals surface area contributed by atoms with Gasteiger partial charge in [-0.25, -0.2) is 0 Å². The molecule has 0 radical (unpaired) electrons. The highest BCUT2D eigenvalue weighted by molar-refractivity contribution is 5.93. The number of piperidine rings is 1. The van der Waals surface area contributed by atoms with Gasteiger partial charge < -0.3 is 14.7 Å². The number of amides is 1. The van der Waals surface area contributed by atoms with Crippen molar-refractivity contribution in [1.29, 1.82) is 0 Å². The standard InChI is InChI=1S/C15H23N7O2/c1-10-9-24-19-14(10)15(23)22-7-5-4-6-12(22)11(2)16-8-13-17-20-21(3)18-13/h9,11-12,16H,4-8H2,1-3H3/t11-,12+/m1/s1. The van der Waals surface area contributed by atoms with Crippen LogP contribution in [-0.4, -0.2) is 54.8 Å². The van der Waals surface area contributed by atoms with E-state index in [-0.39, 0.29) is 18.0 Å². The van der Waals surface area contributed by atoms with Crippen LogP contribution >= 0.6 is 0 Å². The molecule has 2 aromatic rings. The van der Waals surface area contributed by atoms with Gasteiger partial charge in [0.1, 0.15) is 6.26 Å². The van der Waals surface area contributed by atoms with E-state index in [4.69, 9.17) is 4.52 Å². The lowest BCUT2D eigenvalue weighted by atomic mass is 9.95. The Morgan fingerprint density at radius 3 is 3.00 bits per heavy atom. The van der Waals surface area contributed by atoms with E-state index < -0.39 is 0 Å². The van der Waals surface area contributed by atoms with Crippen LogP contribution in [0.2, 0.25) is 0 Å². The Bertz CT molecular complexity index is 696. The smallest absolute Gasteiger partial charge is 0.276 e. The zero-order chi connectivity index (χ0) is 17.1. The van der Waals surface area contributed by atoms with Gasteiger partial charge in [-0.1, -0.05) is 5.16 Å². The molecule has 0 bridgehead atoms. The predicted octanol–water partition coefficient (Wildman–Crippen LogP) is 0.680. The molecular formula is C15H23N7O2. The van der Waals surface area contributed by atoms with Crippen LogP contribution in [0.15, 0.2) is 10.8 Å². The topological polar surface area (TPSA) is 102 Å². The molecule has 0 spiro atoms. The zero-order valence-corrected chi connectivity index (χ0v) is 14.3. The van der Waals surface area contributed by atoms with Gasteiger partial charge in [-0.3, -0.25) is 4.79 Å². The van der Waals surface area contributed by atoms with Crippen LogP contribution in [0, 0.1) is 6.92 Å². The van der Waals surface area contributed by atoms with E-state index in [0.29, 0.717) is 18.1 Å². The molecular weight excluding hydrogens is 310 g/mol. The van der Waals surface area contributed by atoms with Crippen molar-refractivity contribution in [3.63, 3.8) is 0 Å². The first-order valence-electron chi connectivity index (χ1n) is 8.24. The number of hydrogen-bond acceptors (Lipinski definition) is 7. The number of aromatic nitrogens is 5. The molecule has 1 fully saturated rings. The molecule has 1 N–H and O–H groups in total. The first-order chi connectivity index (χ1) is 11.6. The second-order valence-electron chi connectivity index (χ2n) is 6.27. The molecule has 3 heterocycles. The minimum atomic E-state index is -0.0581. The highest BCUT2D eigenvalue weighted by atomic mass is 16.5. The Morgan fingerprint density at radius 1 is 1.50 bits per heavy atom.